The highest BCUT2D eigenvalue weighted by Gasteiger charge is 2.20. The molecule has 0 saturated carbocycles. The molecule has 1 atom stereocenters. The fourth-order valence-electron chi connectivity index (χ4n) is 2.31. The van der Waals surface area contributed by atoms with Crippen molar-refractivity contribution in [3.8, 4) is 0 Å². The number of hydrogen-bond acceptors (Lipinski definition) is 3. The van der Waals surface area contributed by atoms with Crippen molar-refractivity contribution in [3.63, 3.8) is 0 Å². The molecule has 1 aliphatic heterocycles. The first kappa shape index (κ1) is 11.3. The molecule has 1 fully saturated rings. The number of nitrogens with one attached hydrogen (secondary N) is 1. The molecule has 2 aromatic heterocycles. The lowest BCUT2D eigenvalue weighted by Crippen LogP contribution is -2.11. The van der Waals surface area contributed by atoms with Gasteiger partial charge in [-0.05, 0) is 25.1 Å². The highest BCUT2D eigenvalue weighted by atomic mass is 35.5. The molecular weight excluding hydrogens is 254 g/mol. The van der Waals surface area contributed by atoms with E-state index in [4.69, 9.17) is 11.6 Å². The Bertz CT molecular complexity index is 499. The Morgan fingerprint density at radius 2 is 2.47 bits per heavy atom. The lowest BCUT2D eigenvalue weighted by molar-refractivity contribution is 0.658. The van der Waals surface area contributed by atoms with Crippen LogP contribution in [0.15, 0.2) is 24.7 Å². The summed E-state index contributed by atoms with van der Waals surface area (Å²) in [5.74, 6) is 0.605. The third kappa shape index (κ3) is 2.39. The molecule has 3 nitrogen and oxygen atoms in total. The Balaban J connectivity index is 1.81. The fraction of sp³-hybridized carbons (Fsp3) is 0.417. The Labute approximate surface area is 109 Å². The molecule has 1 unspecified atom stereocenters. The van der Waals surface area contributed by atoms with Crippen molar-refractivity contribution < 1.29 is 0 Å². The zero-order chi connectivity index (χ0) is 11.7. The maximum atomic E-state index is 5.95. The topological polar surface area (TPSA) is 29.9 Å². The van der Waals surface area contributed by atoms with E-state index in [9.17, 15) is 0 Å². The van der Waals surface area contributed by atoms with Crippen molar-refractivity contribution in [3.05, 3.63) is 39.6 Å². The van der Waals surface area contributed by atoms with Crippen LogP contribution in [0.2, 0.25) is 4.34 Å². The minimum absolute atomic E-state index is 0.605. The highest BCUT2D eigenvalue weighted by Crippen LogP contribution is 2.25. The second-order valence-electron chi connectivity index (χ2n) is 4.34. The summed E-state index contributed by atoms with van der Waals surface area (Å²) < 4.78 is 3.09. The molecular formula is C12H14ClN3S. The maximum absolute atomic E-state index is 5.95. The lowest BCUT2D eigenvalue weighted by Gasteiger charge is -2.11. The van der Waals surface area contributed by atoms with Crippen LogP contribution in [0.1, 0.15) is 22.9 Å². The van der Waals surface area contributed by atoms with Gasteiger partial charge < -0.3 is 9.88 Å². The summed E-state index contributed by atoms with van der Waals surface area (Å²) in [6.45, 7) is 3.06. The summed E-state index contributed by atoms with van der Waals surface area (Å²) in [6.07, 6.45) is 5.12. The Hall–Kier alpha value is -0.840. The van der Waals surface area contributed by atoms with Gasteiger partial charge in [0, 0.05) is 29.2 Å². The van der Waals surface area contributed by atoms with E-state index in [2.05, 4.69) is 20.9 Å². The van der Waals surface area contributed by atoms with Gasteiger partial charge in [-0.25, -0.2) is 4.98 Å². The molecule has 5 heteroatoms. The predicted molar refractivity (Wildman–Crippen MR) is 70.9 cm³/mol. The number of halogens is 1. The third-order valence-electron chi connectivity index (χ3n) is 3.18. The minimum atomic E-state index is 0.605. The van der Waals surface area contributed by atoms with Gasteiger partial charge in [0.15, 0.2) is 0 Å². The fourth-order valence-corrected chi connectivity index (χ4v) is 3.40. The van der Waals surface area contributed by atoms with Crippen molar-refractivity contribution >= 4 is 22.9 Å². The van der Waals surface area contributed by atoms with Gasteiger partial charge in [-0.1, -0.05) is 11.6 Å². The van der Waals surface area contributed by atoms with E-state index in [-0.39, 0.29) is 0 Å². The SMILES string of the molecule is Clc1ccc(Cn2cncc2C2CCNC2)s1. The van der Waals surface area contributed by atoms with E-state index in [1.54, 1.807) is 11.3 Å². The molecule has 0 amide bonds. The van der Waals surface area contributed by atoms with Gasteiger partial charge in [0.1, 0.15) is 0 Å². The second-order valence-corrected chi connectivity index (χ2v) is 6.14. The average Bonchev–Trinajstić information content (AvgIpc) is 3.00. The highest BCUT2D eigenvalue weighted by molar-refractivity contribution is 7.16. The smallest absolute Gasteiger partial charge is 0.0951 e. The van der Waals surface area contributed by atoms with Gasteiger partial charge >= 0.3 is 0 Å². The van der Waals surface area contributed by atoms with Crippen molar-refractivity contribution in [2.24, 2.45) is 0 Å². The van der Waals surface area contributed by atoms with Crippen LogP contribution >= 0.6 is 22.9 Å². The van der Waals surface area contributed by atoms with Gasteiger partial charge in [0.05, 0.1) is 17.2 Å². The first-order valence-corrected chi connectivity index (χ1v) is 6.97. The van der Waals surface area contributed by atoms with Gasteiger partial charge in [-0.15, -0.1) is 11.3 Å². The summed E-state index contributed by atoms with van der Waals surface area (Å²) in [6, 6.07) is 4.04. The second kappa shape index (κ2) is 4.80. The van der Waals surface area contributed by atoms with E-state index in [0.29, 0.717) is 5.92 Å². The predicted octanol–water partition coefficient (Wildman–Crippen LogP) is 2.72. The van der Waals surface area contributed by atoms with Gasteiger partial charge in [0.2, 0.25) is 0 Å². The first-order chi connectivity index (χ1) is 8.33. The maximum Gasteiger partial charge on any atom is 0.0951 e. The zero-order valence-electron chi connectivity index (χ0n) is 9.40. The minimum Gasteiger partial charge on any atom is -0.329 e. The van der Waals surface area contributed by atoms with Crippen LogP contribution in [-0.2, 0) is 6.54 Å². The van der Waals surface area contributed by atoms with Crippen LogP contribution in [0.3, 0.4) is 0 Å². The van der Waals surface area contributed by atoms with Crippen LogP contribution in [-0.4, -0.2) is 22.6 Å². The quantitative estimate of drug-likeness (QED) is 0.927. The van der Waals surface area contributed by atoms with Crippen molar-refractivity contribution in [2.75, 3.05) is 13.1 Å². The van der Waals surface area contributed by atoms with Crippen LogP contribution in [0.4, 0.5) is 0 Å². The number of hydrogen-bond donors (Lipinski definition) is 1. The molecule has 3 heterocycles. The molecule has 3 rings (SSSR count). The molecule has 0 spiro atoms. The summed E-state index contributed by atoms with van der Waals surface area (Å²) in [7, 11) is 0. The van der Waals surface area contributed by atoms with E-state index in [0.717, 1.165) is 24.0 Å². The summed E-state index contributed by atoms with van der Waals surface area (Å²) in [4.78, 5) is 5.55. The van der Waals surface area contributed by atoms with Crippen molar-refractivity contribution in [2.45, 2.75) is 18.9 Å². The monoisotopic (exact) mass is 267 g/mol. The number of rotatable bonds is 3. The molecule has 1 aliphatic rings. The molecule has 2 aromatic rings. The molecule has 0 radical (unpaired) electrons. The number of nitrogens with zero attached hydrogens (tertiary/aromatic N) is 2. The molecule has 0 bridgehead atoms. The number of imidazole rings is 1. The van der Waals surface area contributed by atoms with Gasteiger partial charge in [-0.2, -0.15) is 0 Å². The molecule has 0 aromatic carbocycles. The zero-order valence-corrected chi connectivity index (χ0v) is 11.0. The Kier molecular flexibility index (Phi) is 3.18. The number of thiophene rings is 1. The Morgan fingerprint density at radius 3 is 3.18 bits per heavy atom. The molecule has 1 saturated heterocycles. The normalized spacial score (nSPS) is 19.9. The van der Waals surface area contributed by atoms with Crippen LogP contribution < -0.4 is 5.32 Å². The first-order valence-electron chi connectivity index (χ1n) is 5.78. The van der Waals surface area contributed by atoms with E-state index in [1.165, 1.54) is 17.0 Å². The van der Waals surface area contributed by atoms with Crippen molar-refractivity contribution in [1.29, 1.82) is 0 Å². The summed E-state index contributed by atoms with van der Waals surface area (Å²) in [5, 5.41) is 3.40. The van der Waals surface area contributed by atoms with Gasteiger partial charge in [-0.3, -0.25) is 0 Å². The molecule has 17 heavy (non-hydrogen) atoms. The Morgan fingerprint density at radius 1 is 1.53 bits per heavy atom. The van der Waals surface area contributed by atoms with Gasteiger partial charge in [0.25, 0.3) is 0 Å². The molecule has 90 valence electrons. The largest absolute Gasteiger partial charge is 0.329 e. The van der Waals surface area contributed by atoms with Crippen LogP contribution in [0.25, 0.3) is 0 Å². The van der Waals surface area contributed by atoms with E-state index in [1.807, 2.05) is 18.6 Å². The summed E-state index contributed by atoms with van der Waals surface area (Å²) >= 11 is 7.59. The standard InChI is InChI=1S/C12H14ClN3S/c13-12-2-1-10(17-12)7-16-8-15-6-11(16)9-3-4-14-5-9/h1-2,6,8-9,14H,3-5,7H2. The summed E-state index contributed by atoms with van der Waals surface area (Å²) in [5.41, 5.74) is 1.33. The van der Waals surface area contributed by atoms with Crippen LogP contribution in [0.5, 0.6) is 0 Å². The molecule has 0 aliphatic carbocycles. The third-order valence-corrected chi connectivity index (χ3v) is 4.39. The lowest BCUT2D eigenvalue weighted by atomic mass is 10.1. The molecule has 1 N–H and O–H groups in total. The van der Waals surface area contributed by atoms with Crippen molar-refractivity contribution in [1.82, 2.24) is 14.9 Å². The van der Waals surface area contributed by atoms with E-state index >= 15 is 0 Å². The van der Waals surface area contributed by atoms with Crippen LogP contribution in [0, 0.1) is 0 Å². The number of aromatic nitrogens is 2. The van der Waals surface area contributed by atoms with E-state index < -0.39 is 0 Å². The average molecular weight is 268 g/mol.